The Morgan fingerprint density at radius 3 is 2.78 bits per heavy atom. The van der Waals surface area contributed by atoms with E-state index >= 15 is 0 Å². The second kappa shape index (κ2) is 7.50. The van der Waals surface area contributed by atoms with E-state index < -0.39 is 0 Å². The van der Waals surface area contributed by atoms with Crippen molar-refractivity contribution in [1.82, 2.24) is 19.8 Å². The molecule has 1 aliphatic heterocycles. The summed E-state index contributed by atoms with van der Waals surface area (Å²) in [5, 5.41) is 0. The molecule has 23 heavy (non-hydrogen) atoms. The maximum Gasteiger partial charge on any atom is 0.236 e. The summed E-state index contributed by atoms with van der Waals surface area (Å²) in [6, 6.07) is 1.89. The summed E-state index contributed by atoms with van der Waals surface area (Å²) in [5.74, 6) is 0.693. The minimum absolute atomic E-state index is 0.0186. The maximum atomic E-state index is 12.0. The van der Waals surface area contributed by atoms with Crippen LogP contribution < -0.4 is 5.73 Å². The summed E-state index contributed by atoms with van der Waals surface area (Å²) >= 11 is 0. The highest BCUT2D eigenvalue weighted by atomic mass is 16.2. The van der Waals surface area contributed by atoms with Crippen LogP contribution in [-0.2, 0) is 16.0 Å². The van der Waals surface area contributed by atoms with Crippen LogP contribution in [0.5, 0.6) is 0 Å². The quantitative estimate of drug-likeness (QED) is 0.849. The summed E-state index contributed by atoms with van der Waals surface area (Å²) in [5.41, 5.74) is 7.19. The lowest BCUT2D eigenvalue weighted by Gasteiger charge is -2.24. The fraction of sp³-hybridized carbons (Fsp3) is 0.625. The molecule has 0 bridgehead atoms. The van der Waals surface area contributed by atoms with Crippen molar-refractivity contribution in [3.8, 4) is 0 Å². The predicted molar refractivity (Wildman–Crippen MR) is 86.5 cm³/mol. The number of likely N-dealkylation sites (tertiary alicyclic amines) is 1. The van der Waals surface area contributed by atoms with E-state index in [0.717, 1.165) is 30.8 Å². The van der Waals surface area contributed by atoms with E-state index in [1.807, 2.05) is 13.0 Å². The normalized spacial score (nSPS) is 17.4. The lowest BCUT2D eigenvalue weighted by molar-refractivity contribution is -0.130. The first-order chi connectivity index (χ1) is 10.9. The van der Waals surface area contributed by atoms with Crippen LogP contribution >= 0.6 is 0 Å². The van der Waals surface area contributed by atoms with Gasteiger partial charge in [-0.3, -0.25) is 9.59 Å². The van der Waals surface area contributed by atoms with Crippen LogP contribution in [0.25, 0.3) is 0 Å². The molecule has 1 fully saturated rings. The van der Waals surface area contributed by atoms with Crippen molar-refractivity contribution in [1.29, 1.82) is 0 Å². The monoisotopic (exact) mass is 319 g/mol. The van der Waals surface area contributed by atoms with Crippen molar-refractivity contribution in [3.63, 3.8) is 0 Å². The molecule has 2 heterocycles. The minimum atomic E-state index is -0.0481. The third-order valence-corrected chi connectivity index (χ3v) is 4.09. The molecule has 1 aliphatic rings. The first-order valence-electron chi connectivity index (χ1n) is 7.96. The van der Waals surface area contributed by atoms with E-state index in [1.54, 1.807) is 23.9 Å². The highest BCUT2D eigenvalue weighted by Gasteiger charge is 2.30. The summed E-state index contributed by atoms with van der Waals surface area (Å²) in [6.45, 7) is 2.58. The Morgan fingerprint density at radius 1 is 1.39 bits per heavy atom. The zero-order chi connectivity index (χ0) is 17.0. The number of rotatable bonds is 5. The SMILES string of the molecule is Cc1nc(CCC(=O)N(C)C)cc([C@H]2CCCN2C(=O)CN)n1. The van der Waals surface area contributed by atoms with Gasteiger partial charge in [-0.15, -0.1) is 0 Å². The van der Waals surface area contributed by atoms with Crippen molar-refractivity contribution in [2.24, 2.45) is 5.73 Å². The molecule has 0 aliphatic carbocycles. The second-order valence-corrected chi connectivity index (χ2v) is 6.07. The molecule has 1 aromatic rings. The van der Waals surface area contributed by atoms with Gasteiger partial charge in [0, 0.05) is 32.8 Å². The molecule has 0 unspecified atom stereocenters. The first kappa shape index (κ1) is 17.3. The first-order valence-corrected chi connectivity index (χ1v) is 7.96. The summed E-state index contributed by atoms with van der Waals surface area (Å²) in [4.78, 5) is 36.0. The van der Waals surface area contributed by atoms with Gasteiger partial charge in [-0.05, 0) is 32.3 Å². The molecule has 2 amide bonds. The van der Waals surface area contributed by atoms with Crippen molar-refractivity contribution < 1.29 is 9.59 Å². The summed E-state index contributed by atoms with van der Waals surface area (Å²) in [6.07, 6.45) is 2.83. The number of aryl methyl sites for hydroxylation is 2. The smallest absolute Gasteiger partial charge is 0.236 e. The van der Waals surface area contributed by atoms with Crippen LogP contribution in [-0.4, -0.2) is 58.8 Å². The molecule has 1 saturated heterocycles. The molecule has 2 N–H and O–H groups in total. The van der Waals surface area contributed by atoms with Gasteiger partial charge in [0.1, 0.15) is 5.82 Å². The van der Waals surface area contributed by atoms with E-state index in [1.165, 1.54) is 0 Å². The average Bonchev–Trinajstić information content (AvgIpc) is 3.00. The number of carbonyl (C=O) groups is 2. The molecule has 1 aromatic heterocycles. The highest BCUT2D eigenvalue weighted by Crippen LogP contribution is 2.31. The van der Waals surface area contributed by atoms with E-state index in [4.69, 9.17) is 5.73 Å². The number of carbonyl (C=O) groups excluding carboxylic acids is 2. The van der Waals surface area contributed by atoms with Crippen molar-refractivity contribution in [3.05, 3.63) is 23.3 Å². The minimum Gasteiger partial charge on any atom is -0.349 e. The van der Waals surface area contributed by atoms with Gasteiger partial charge in [-0.2, -0.15) is 0 Å². The fourth-order valence-corrected chi connectivity index (χ4v) is 2.90. The number of nitrogens with zero attached hydrogens (tertiary/aromatic N) is 4. The molecular formula is C16H25N5O2. The molecule has 7 nitrogen and oxygen atoms in total. The van der Waals surface area contributed by atoms with Gasteiger partial charge in [0.15, 0.2) is 0 Å². The number of hydrogen-bond donors (Lipinski definition) is 1. The Bertz CT molecular complexity index is 588. The van der Waals surface area contributed by atoms with E-state index in [9.17, 15) is 9.59 Å². The molecular weight excluding hydrogens is 294 g/mol. The van der Waals surface area contributed by atoms with Gasteiger partial charge in [0.2, 0.25) is 11.8 Å². The number of nitrogens with two attached hydrogens (primary N) is 1. The summed E-state index contributed by atoms with van der Waals surface area (Å²) < 4.78 is 0. The van der Waals surface area contributed by atoms with Crippen LogP contribution in [0.15, 0.2) is 6.07 Å². The molecule has 0 aromatic carbocycles. The topological polar surface area (TPSA) is 92.4 Å². The van der Waals surface area contributed by atoms with Crippen molar-refractivity contribution in [2.45, 2.75) is 38.6 Å². The maximum absolute atomic E-state index is 12.0. The molecule has 0 radical (unpaired) electrons. The zero-order valence-corrected chi connectivity index (χ0v) is 14.1. The number of hydrogen-bond acceptors (Lipinski definition) is 5. The third kappa shape index (κ3) is 4.25. The Hall–Kier alpha value is -2.02. The Labute approximate surface area is 136 Å². The standard InChI is InChI=1S/C16H25N5O2/c1-11-18-12(6-7-15(22)20(2)3)9-13(19-11)14-5-4-8-21(14)16(23)10-17/h9,14H,4-8,10,17H2,1-3H3/t14-/m1/s1. The van der Waals surface area contributed by atoms with Gasteiger partial charge in [0.25, 0.3) is 0 Å². The van der Waals surface area contributed by atoms with Crippen molar-refractivity contribution >= 4 is 11.8 Å². The number of amides is 2. The highest BCUT2D eigenvalue weighted by molar-refractivity contribution is 5.78. The predicted octanol–water partition coefficient (Wildman–Crippen LogP) is 0.428. The van der Waals surface area contributed by atoms with Gasteiger partial charge in [-0.25, -0.2) is 9.97 Å². The lowest BCUT2D eigenvalue weighted by Crippen LogP contribution is -2.35. The van der Waals surface area contributed by atoms with Gasteiger partial charge < -0.3 is 15.5 Å². The van der Waals surface area contributed by atoms with E-state index in [-0.39, 0.29) is 24.4 Å². The number of aromatic nitrogens is 2. The largest absolute Gasteiger partial charge is 0.349 e. The van der Waals surface area contributed by atoms with Crippen LogP contribution in [0.4, 0.5) is 0 Å². The van der Waals surface area contributed by atoms with Crippen LogP contribution in [0, 0.1) is 6.92 Å². The second-order valence-electron chi connectivity index (χ2n) is 6.07. The van der Waals surface area contributed by atoms with Crippen molar-refractivity contribution in [2.75, 3.05) is 27.2 Å². The lowest BCUT2D eigenvalue weighted by atomic mass is 10.1. The molecule has 0 saturated carbocycles. The van der Waals surface area contributed by atoms with Gasteiger partial charge in [0.05, 0.1) is 18.3 Å². The Morgan fingerprint density at radius 2 is 2.13 bits per heavy atom. The summed E-state index contributed by atoms with van der Waals surface area (Å²) in [7, 11) is 3.49. The molecule has 1 atom stereocenters. The average molecular weight is 319 g/mol. The Balaban J connectivity index is 2.16. The Kier molecular flexibility index (Phi) is 5.65. The van der Waals surface area contributed by atoms with Gasteiger partial charge >= 0.3 is 0 Å². The van der Waals surface area contributed by atoms with Crippen LogP contribution in [0.1, 0.15) is 42.5 Å². The third-order valence-electron chi connectivity index (χ3n) is 4.09. The van der Waals surface area contributed by atoms with E-state index in [0.29, 0.717) is 18.7 Å². The molecule has 0 spiro atoms. The van der Waals surface area contributed by atoms with E-state index in [2.05, 4.69) is 9.97 Å². The zero-order valence-electron chi connectivity index (χ0n) is 14.1. The molecule has 126 valence electrons. The van der Waals surface area contributed by atoms with Crippen LogP contribution in [0.3, 0.4) is 0 Å². The molecule has 2 rings (SSSR count). The van der Waals surface area contributed by atoms with Crippen LogP contribution in [0.2, 0.25) is 0 Å². The van der Waals surface area contributed by atoms with Gasteiger partial charge in [-0.1, -0.05) is 0 Å². The molecule has 7 heteroatoms. The fourth-order valence-electron chi connectivity index (χ4n) is 2.90.